The molecule has 0 saturated heterocycles. The van der Waals surface area contributed by atoms with Gasteiger partial charge in [-0.05, 0) is 36.4 Å². The summed E-state index contributed by atoms with van der Waals surface area (Å²) < 4.78 is 20.9. The van der Waals surface area contributed by atoms with Crippen LogP contribution in [0.4, 0.5) is 5.69 Å². The third-order valence-electron chi connectivity index (χ3n) is 2.99. The maximum Gasteiger partial charge on any atom is 0.343 e. The predicted octanol–water partition coefficient (Wildman–Crippen LogP) is 2.51. The van der Waals surface area contributed by atoms with Crippen LogP contribution in [-0.2, 0) is 0 Å². The number of nitrogens with two attached hydrogens (primary N) is 1. The molecule has 0 saturated carbocycles. The minimum atomic E-state index is -0.538. The first-order chi connectivity index (χ1) is 10.6. The van der Waals surface area contributed by atoms with E-state index >= 15 is 0 Å². The van der Waals surface area contributed by atoms with Gasteiger partial charge in [-0.1, -0.05) is 0 Å². The summed E-state index contributed by atoms with van der Waals surface area (Å²) in [7, 11) is 4.45. The molecule has 6 nitrogen and oxygen atoms in total. The van der Waals surface area contributed by atoms with Crippen LogP contribution < -0.4 is 24.7 Å². The lowest BCUT2D eigenvalue weighted by atomic mass is 10.2. The summed E-state index contributed by atoms with van der Waals surface area (Å²) in [6.07, 6.45) is 0. The van der Waals surface area contributed by atoms with Crippen LogP contribution in [0.5, 0.6) is 23.0 Å². The zero-order valence-electron chi connectivity index (χ0n) is 12.6. The Morgan fingerprint density at radius 1 is 0.909 bits per heavy atom. The molecule has 0 atom stereocenters. The zero-order chi connectivity index (χ0) is 16.1. The van der Waals surface area contributed by atoms with Crippen LogP contribution in [0.25, 0.3) is 0 Å². The topological polar surface area (TPSA) is 80.0 Å². The molecule has 0 radical (unpaired) electrons. The van der Waals surface area contributed by atoms with E-state index in [0.29, 0.717) is 28.7 Å². The van der Waals surface area contributed by atoms with Crippen molar-refractivity contribution in [1.82, 2.24) is 0 Å². The van der Waals surface area contributed by atoms with E-state index in [2.05, 4.69) is 0 Å². The predicted molar refractivity (Wildman–Crippen MR) is 81.9 cm³/mol. The number of hydrogen-bond acceptors (Lipinski definition) is 6. The first-order valence-electron chi connectivity index (χ1n) is 6.46. The molecule has 0 amide bonds. The van der Waals surface area contributed by atoms with Crippen molar-refractivity contribution in [3.63, 3.8) is 0 Å². The highest BCUT2D eigenvalue weighted by atomic mass is 16.5. The fraction of sp³-hybridized carbons (Fsp3) is 0.188. The Labute approximate surface area is 128 Å². The average molecular weight is 303 g/mol. The second kappa shape index (κ2) is 6.71. The van der Waals surface area contributed by atoms with E-state index in [0.717, 1.165) is 0 Å². The van der Waals surface area contributed by atoms with E-state index in [4.69, 9.17) is 24.7 Å². The quantitative estimate of drug-likeness (QED) is 0.519. The van der Waals surface area contributed by atoms with Crippen LogP contribution in [0.3, 0.4) is 0 Å². The van der Waals surface area contributed by atoms with Gasteiger partial charge in [-0.3, -0.25) is 0 Å². The molecule has 0 aromatic heterocycles. The maximum atomic E-state index is 12.2. The van der Waals surface area contributed by atoms with Crippen LogP contribution in [0.1, 0.15) is 10.4 Å². The van der Waals surface area contributed by atoms with E-state index in [1.807, 2.05) is 0 Å². The normalized spacial score (nSPS) is 9.95. The summed E-state index contributed by atoms with van der Waals surface area (Å²) in [5.41, 5.74) is 6.46. The molecule has 2 N–H and O–H groups in total. The van der Waals surface area contributed by atoms with Gasteiger partial charge in [-0.2, -0.15) is 0 Å². The number of anilines is 1. The lowest BCUT2D eigenvalue weighted by Crippen LogP contribution is -2.09. The van der Waals surface area contributed by atoms with Gasteiger partial charge >= 0.3 is 5.97 Å². The molecular weight excluding hydrogens is 286 g/mol. The summed E-state index contributed by atoms with van der Waals surface area (Å²) in [4.78, 5) is 12.2. The van der Waals surface area contributed by atoms with Crippen molar-refractivity contribution >= 4 is 11.7 Å². The largest absolute Gasteiger partial charge is 0.493 e. The molecule has 0 heterocycles. The van der Waals surface area contributed by atoms with Gasteiger partial charge in [-0.15, -0.1) is 0 Å². The Balaban J connectivity index is 2.31. The van der Waals surface area contributed by atoms with Crippen LogP contribution in [-0.4, -0.2) is 27.3 Å². The number of methoxy groups -OCH3 is 3. The van der Waals surface area contributed by atoms with E-state index in [-0.39, 0.29) is 5.56 Å². The lowest BCUT2D eigenvalue weighted by molar-refractivity contribution is 0.0734. The number of esters is 1. The second-order valence-corrected chi connectivity index (χ2v) is 4.37. The maximum absolute atomic E-state index is 12.2. The Morgan fingerprint density at radius 3 is 1.91 bits per heavy atom. The Hall–Kier alpha value is -2.89. The molecular formula is C16H17NO5. The summed E-state index contributed by atoms with van der Waals surface area (Å²) in [5.74, 6) is 1.03. The van der Waals surface area contributed by atoms with Gasteiger partial charge in [0.15, 0.2) is 11.5 Å². The van der Waals surface area contributed by atoms with Crippen molar-refractivity contribution in [2.45, 2.75) is 0 Å². The highest BCUT2D eigenvalue weighted by Gasteiger charge is 2.18. The minimum absolute atomic E-state index is 0.284. The molecule has 2 rings (SSSR count). The van der Waals surface area contributed by atoms with E-state index < -0.39 is 5.97 Å². The smallest absolute Gasteiger partial charge is 0.343 e. The molecule has 116 valence electrons. The Morgan fingerprint density at radius 2 is 1.45 bits per heavy atom. The number of carbonyl (C=O) groups excluding carboxylic acids is 1. The third-order valence-corrected chi connectivity index (χ3v) is 2.99. The number of carbonyl (C=O) groups is 1. The number of ether oxygens (including phenoxy) is 4. The summed E-state index contributed by atoms with van der Waals surface area (Å²) in [6.45, 7) is 0. The third kappa shape index (κ3) is 3.22. The average Bonchev–Trinajstić information content (AvgIpc) is 2.55. The van der Waals surface area contributed by atoms with Crippen molar-refractivity contribution in [2.75, 3.05) is 27.1 Å². The van der Waals surface area contributed by atoms with E-state index in [1.54, 1.807) is 24.3 Å². The molecule has 22 heavy (non-hydrogen) atoms. The van der Waals surface area contributed by atoms with Crippen LogP contribution in [0.15, 0.2) is 36.4 Å². The van der Waals surface area contributed by atoms with Crippen molar-refractivity contribution in [2.24, 2.45) is 0 Å². The van der Waals surface area contributed by atoms with E-state index in [9.17, 15) is 4.79 Å². The highest BCUT2D eigenvalue weighted by Crippen LogP contribution is 2.38. The first-order valence-corrected chi connectivity index (χ1v) is 6.46. The summed E-state index contributed by atoms with van der Waals surface area (Å²) >= 11 is 0. The van der Waals surface area contributed by atoms with Crippen LogP contribution in [0, 0.1) is 0 Å². The molecule has 0 fully saturated rings. The highest BCUT2D eigenvalue weighted by molar-refractivity contribution is 5.92. The number of nitrogen functional groups attached to an aromatic ring is 1. The molecule has 0 bridgehead atoms. The van der Waals surface area contributed by atoms with Gasteiger partial charge in [0.05, 0.1) is 26.9 Å². The Kier molecular flexibility index (Phi) is 4.73. The second-order valence-electron chi connectivity index (χ2n) is 4.37. The number of rotatable bonds is 5. The molecule has 2 aromatic rings. The standard InChI is InChI=1S/C16H17NO5/c1-19-13-8-10(9-14(20-2)15(13)21-3)16(18)22-12-6-4-11(17)5-7-12/h4-9H,17H2,1-3H3. The van der Waals surface area contributed by atoms with Crippen LogP contribution in [0.2, 0.25) is 0 Å². The van der Waals surface area contributed by atoms with Gasteiger partial charge in [0.2, 0.25) is 5.75 Å². The molecule has 0 aliphatic carbocycles. The van der Waals surface area contributed by atoms with Gasteiger partial charge in [0.1, 0.15) is 5.75 Å². The molecule has 6 heteroatoms. The number of benzene rings is 2. The van der Waals surface area contributed by atoms with Gasteiger partial charge in [0.25, 0.3) is 0 Å². The first kappa shape index (κ1) is 15.5. The molecule has 0 aliphatic rings. The Bertz CT molecular complexity index is 642. The van der Waals surface area contributed by atoms with Crippen molar-refractivity contribution < 1.29 is 23.7 Å². The number of hydrogen-bond donors (Lipinski definition) is 1. The molecule has 0 aliphatic heterocycles. The minimum Gasteiger partial charge on any atom is -0.493 e. The van der Waals surface area contributed by atoms with Crippen molar-refractivity contribution in [3.8, 4) is 23.0 Å². The van der Waals surface area contributed by atoms with Gasteiger partial charge in [0, 0.05) is 5.69 Å². The van der Waals surface area contributed by atoms with Crippen molar-refractivity contribution in [1.29, 1.82) is 0 Å². The monoisotopic (exact) mass is 303 g/mol. The summed E-state index contributed by atoms with van der Waals surface area (Å²) in [6, 6.07) is 9.59. The SMILES string of the molecule is COc1cc(C(=O)Oc2ccc(N)cc2)cc(OC)c1OC. The fourth-order valence-electron chi connectivity index (χ4n) is 1.90. The van der Waals surface area contributed by atoms with Gasteiger partial charge in [-0.25, -0.2) is 4.79 Å². The lowest BCUT2D eigenvalue weighted by Gasteiger charge is -2.13. The van der Waals surface area contributed by atoms with Gasteiger partial charge < -0.3 is 24.7 Å². The van der Waals surface area contributed by atoms with E-state index in [1.165, 1.54) is 33.5 Å². The zero-order valence-corrected chi connectivity index (χ0v) is 12.6. The van der Waals surface area contributed by atoms with Crippen LogP contribution >= 0.6 is 0 Å². The fourth-order valence-corrected chi connectivity index (χ4v) is 1.90. The summed E-state index contributed by atoms with van der Waals surface area (Å²) in [5, 5.41) is 0. The molecule has 2 aromatic carbocycles. The van der Waals surface area contributed by atoms with Crippen molar-refractivity contribution in [3.05, 3.63) is 42.0 Å². The molecule has 0 spiro atoms. The molecule has 0 unspecified atom stereocenters.